The van der Waals surface area contributed by atoms with Crippen LogP contribution in [0.3, 0.4) is 0 Å². The van der Waals surface area contributed by atoms with Crippen molar-refractivity contribution in [3.63, 3.8) is 0 Å². The van der Waals surface area contributed by atoms with Crippen LogP contribution in [0, 0.1) is 13.8 Å². The third kappa shape index (κ3) is 3.58. The van der Waals surface area contributed by atoms with Crippen LogP contribution in [0.5, 0.6) is 0 Å². The minimum atomic E-state index is -0.292. The van der Waals surface area contributed by atoms with E-state index in [1.807, 2.05) is 32.5 Å². The van der Waals surface area contributed by atoms with Gasteiger partial charge in [-0.2, -0.15) is 10.2 Å². The summed E-state index contributed by atoms with van der Waals surface area (Å²) < 4.78 is 3.75. The fourth-order valence-electron chi connectivity index (χ4n) is 3.26. The minimum absolute atomic E-state index is 0.0437. The number of fused-ring (bicyclic) bond motifs is 1. The summed E-state index contributed by atoms with van der Waals surface area (Å²) in [7, 11) is 1.88. The molecule has 0 aromatic carbocycles. The largest absolute Gasteiger partial charge is 0.322 e. The monoisotopic (exact) mass is 345 g/mol. The number of hydrogen-bond donors (Lipinski definition) is 2. The predicted molar refractivity (Wildman–Crippen MR) is 95.4 cm³/mol. The molecule has 8 nitrogen and oxygen atoms in total. The van der Waals surface area contributed by atoms with Gasteiger partial charge in [0.15, 0.2) is 5.82 Å². The molecule has 0 saturated carbocycles. The summed E-state index contributed by atoms with van der Waals surface area (Å²) in [4.78, 5) is 17.1. The Hall–Kier alpha value is -2.22. The number of carbonyl (C=O) groups is 1. The summed E-state index contributed by atoms with van der Waals surface area (Å²) in [5, 5.41) is 15.3. The highest BCUT2D eigenvalue weighted by atomic mass is 16.2. The van der Waals surface area contributed by atoms with E-state index in [0.717, 1.165) is 54.5 Å². The third-order valence-corrected chi connectivity index (χ3v) is 4.85. The minimum Gasteiger partial charge on any atom is -0.322 e. The third-order valence-electron chi connectivity index (χ3n) is 4.85. The molecule has 3 heterocycles. The number of amides is 1. The second kappa shape index (κ2) is 6.95. The first-order valence-electron chi connectivity index (χ1n) is 8.88. The SMILES string of the molecule is CCc1nc2n(n1)C[C@@H](N[C@@H](C)C(=O)Nc1c(C)nn(C)c1C)CC2. The number of carbonyl (C=O) groups excluding carboxylic acids is 1. The molecule has 2 aromatic heterocycles. The van der Waals surface area contributed by atoms with Gasteiger partial charge in [-0.25, -0.2) is 9.67 Å². The van der Waals surface area contributed by atoms with Crippen LogP contribution >= 0.6 is 0 Å². The maximum Gasteiger partial charge on any atom is 0.241 e. The van der Waals surface area contributed by atoms with Crippen molar-refractivity contribution in [3.8, 4) is 0 Å². The molecule has 2 N–H and O–H groups in total. The molecule has 0 spiro atoms. The Morgan fingerprint density at radius 1 is 1.36 bits per heavy atom. The van der Waals surface area contributed by atoms with Crippen molar-refractivity contribution < 1.29 is 4.79 Å². The number of hydrogen-bond acceptors (Lipinski definition) is 5. The smallest absolute Gasteiger partial charge is 0.241 e. The van der Waals surface area contributed by atoms with Crippen LogP contribution in [0.4, 0.5) is 5.69 Å². The summed E-state index contributed by atoms with van der Waals surface area (Å²) in [6.45, 7) is 8.56. The van der Waals surface area contributed by atoms with E-state index >= 15 is 0 Å². The maximum absolute atomic E-state index is 12.6. The number of nitrogens with zero attached hydrogens (tertiary/aromatic N) is 5. The highest BCUT2D eigenvalue weighted by Crippen LogP contribution is 2.19. The van der Waals surface area contributed by atoms with E-state index in [9.17, 15) is 4.79 Å². The Morgan fingerprint density at radius 3 is 2.76 bits per heavy atom. The van der Waals surface area contributed by atoms with Crippen molar-refractivity contribution in [2.75, 3.05) is 5.32 Å². The van der Waals surface area contributed by atoms with E-state index in [-0.39, 0.29) is 18.0 Å². The summed E-state index contributed by atoms with van der Waals surface area (Å²) >= 11 is 0. The number of aryl methyl sites for hydroxylation is 4. The van der Waals surface area contributed by atoms with E-state index < -0.39 is 0 Å². The lowest BCUT2D eigenvalue weighted by atomic mass is 10.1. The van der Waals surface area contributed by atoms with Gasteiger partial charge in [0.25, 0.3) is 0 Å². The standard InChI is InChI=1S/C17H27N7O/c1-6-14-19-15-8-7-13(9-24(15)22-14)18-11(3)17(25)20-16-10(2)21-23(5)12(16)4/h11,13,18H,6-9H2,1-5H3,(H,20,25)/t11-,13-/m0/s1. The molecule has 3 rings (SSSR count). The highest BCUT2D eigenvalue weighted by Gasteiger charge is 2.25. The van der Waals surface area contributed by atoms with Gasteiger partial charge >= 0.3 is 0 Å². The molecule has 0 fully saturated rings. The van der Waals surface area contributed by atoms with Crippen molar-refractivity contribution in [2.45, 2.75) is 65.6 Å². The van der Waals surface area contributed by atoms with Crippen molar-refractivity contribution in [1.29, 1.82) is 0 Å². The van der Waals surface area contributed by atoms with Crippen LogP contribution in [0.2, 0.25) is 0 Å². The summed E-state index contributed by atoms with van der Waals surface area (Å²) in [6, 6.07) is -0.0736. The average molecular weight is 345 g/mol. The van der Waals surface area contributed by atoms with Gasteiger partial charge in [-0.1, -0.05) is 6.92 Å². The van der Waals surface area contributed by atoms with Gasteiger partial charge in [0.2, 0.25) is 5.91 Å². The van der Waals surface area contributed by atoms with Gasteiger partial charge in [-0.15, -0.1) is 0 Å². The number of aromatic nitrogens is 5. The zero-order chi connectivity index (χ0) is 18.1. The summed E-state index contributed by atoms with van der Waals surface area (Å²) in [5.41, 5.74) is 2.59. The molecular formula is C17H27N7O. The molecule has 8 heteroatoms. The lowest BCUT2D eigenvalue weighted by Crippen LogP contribution is -2.47. The first-order valence-corrected chi connectivity index (χ1v) is 8.88. The van der Waals surface area contributed by atoms with Crippen molar-refractivity contribution >= 4 is 11.6 Å². The number of nitrogens with one attached hydrogen (secondary N) is 2. The van der Waals surface area contributed by atoms with E-state index in [4.69, 9.17) is 0 Å². The molecule has 25 heavy (non-hydrogen) atoms. The van der Waals surface area contributed by atoms with Crippen molar-refractivity contribution in [1.82, 2.24) is 29.9 Å². The Bertz CT molecular complexity index is 776. The lowest BCUT2D eigenvalue weighted by Gasteiger charge is -2.26. The van der Waals surface area contributed by atoms with Gasteiger partial charge < -0.3 is 10.6 Å². The van der Waals surface area contributed by atoms with Gasteiger partial charge in [0, 0.05) is 25.9 Å². The average Bonchev–Trinajstić information content (AvgIpc) is 3.10. The van der Waals surface area contributed by atoms with Crippen LogP contribution in [-0.4, -0.2) is 42.5 Å². The predicted octanol–water partition coefficient (Wildman–Crippen LogP) is 1.12. The van der Waals surface area contributed by atoms with Crippen LogP contribution in [-0.2, 0) is 31.2 Å². The first-order chi connectivity index (χ1) is 11.9. The summed E-state index contributed by atoms with van der Waals surface area (Å²) in [5.74, 6) is 1.90. The van der Waals surface area contributed by atoms with E-state index in [1.54, 1.807) is 4.68 Å². The Balaban J connectivity index is 1.60. The molecule has 0 unspecified atom stereocenters. The topological polar surface area (TPSA) is 89.7 Å². The molecule has 0 aliphatic carbocycles. The zero-order valence-electron chi connectivity index (χ0n) is 15.6. The van der Waals surface area contributed by atoms with E-state index in [1.165, 1.54) is 0 Å². The van der Waals surface area contributed by atoms with Crippen LogP contribution < -0.4 is 10.6 Å². The normalized spacial score (nSPS) is 18.0. The Labute approximate surface area is 148 Å². The van der Waals surface area contributed by atoms with Gasteiger partial charge in [0.1, 0.15) is 5.82 Å². The fraction of sp³-hybridized carbons (Fsp3) is 0.647. The van der Waals surface area contributed by atoms with Crippen molar-refractivity contribution in [2.24, 2.45) is 7.05 Å². The molecule has 1 amide bonds. The highest BCUT2D eigenvalue weighted by molar-refractivity contribution is 5.95. The lowest BCUT2D eigenvalue weighted by molar-refractivity contribution is -0.118. The molecule has 1 aliphatic rings. The van der Waals surface area contributed by atoms with Crippen LogP contribution in [0.25, 0.3) is 0 Å². The fourth-order valence-corrected chi connectivity index (χ4v) is 3.26. The van der Waals surface area contributed by atoms with Gasteiger partial charge in [0.05, 0.1) is 29.7 Å². The summed E-state index contributed by atoms with van der Waals surface area (Å²) in [6.07, 6.45) is 2.70. The van der Waals surface area contributed by atoms with Crippen molar-refractivity contribution in [3.05, 3.63) is 23.0 Å². The van der Waals surface area contributed by atoms with Crippen LogP contribution in [0.1, 0.15) is 43.3 Å². The Morgan fingerprint density at radius 2 is 2.12 bits per heavy atom. The number of rotatable bonds is 5. The maximum atomic E-state index is 12.6. The molecule has 2 atom stereocenters. The zero-order valence-corrected chi connectivity index (χ0v) is 15.6. The van der Waals surface area contributed by atoms with Gasteiger partial charge in [-0.3, -0.25) is 9.48 Å². The second-order valence-corrected chi connectivity index (χ2v) is 6.76. The number of anilines is 1. The molecule has 0 saturated heterocycles. The first kappa shape index (κ1) is 17.6. The molecule has 136 valence electrons. The van der Waals surface area contributed by atoms with E-state index in [0.29, 0.717) is 0 Å². The molecule has 0 radical (unpaired) electrons. The molecular weight excluding hydrogens is 318 g/mol. The second-order valence-electron chi connectivity index (χ2n) is 6.76. The van der Waals surface area contributed by atoms with Crippen LogP contribution in [0.15, 0.2) is 0 Å². The molecule has 1 aliphatic heterocycles. The van der Waals surface area contributed by atoms with E-state index in [2.05, 4.69) is 32.7 Å². The van der Waals surface area contributed by atoms with Gasteiger partial charge in [-0.05, 0) is 27.2 Å². The molecule has 0 bridgehead atoms. The molecule has 2 aromatic rings. The quantitative estimate of drug-likeness (QED) is 0.848. The Kier molecular flexibility index (Phi) is 4.89.